The fourth-order valence-electron chi connectivity index (χ4n) is 3.60. The average Bonchev–Trinajstić information content (AvgIpc) is 2.63. The number of piperidine rings is 1. The molecule has 0 aliphatic carbocycles. The highest BCUT2D eigenvalue weighted by atomic mass is 35.5. The Morgan fingerprint density at radius 2 is 1.86 bits per heavy atom. The first kappa shape index (κ1) is 20.8. The van der Waals surface area contributed by atoms with Crippen LogP contribution in [0.5, 0.6) is 0 Å². The van der Waals surface area contributed by atoms with Crippen molar-refractivity contribution < 1.29 is 13.2 Å². The quantitative estimate of drug-likeness (QED) is 0.790. The lowest BCUT2D eigenvalue weighted by Crippen LogP contribution is -2.44. The number of hydrogen-bond donors (Lipinski definition) is 1. The third-order valence-corrected chi connectivity index (χ3v) is 7.10. The number of nitrogens with one attached hydrogen (secondary N) is 1. The molecular weight excluding hydrogens is 396 g/mol. The summed E-state index contributed by atoms with van der Waals surface area (Å²) in [6.45, 7) is 4.59. The Kier molecular flexibility index (Phi) is 6.43. The molecule has 7 heteroatoms. The number of aryl methyl sites for hydroxylation is 2. The first-order valence-electron chi connectivity index (χ1n) is 9.35. The van der Waals surface area contributed by atoms with Crippen LogP contribution in [0.4, 0.5) is 5.69 Å². The standard InChI is InChI=1S/C21H25ClN2O3S/c1-15-10-16(2)12-19(11-15)23-21(25)17-7-5-9-24(13-17)28(26,27)14-18-6-3-4-8-20(18)22/h3-4,6,8,10-12,17H,5,7,9,13-14H2,1-2H3,(H,23,25)/t17-/m1/s1. The first-order chi connectivity index (χ1) is 13.2. The maximum absolute atomic E-state index is 12.9. The van der Waals surface area contributed by atoms with E-state index in [2.05, 4.69) is 5.32 Å². The van der Waals surface area contributed by atoms with Crippen LogP contribution in [-0.2, 0) is 20.6 Å². The minimum absolute atomic E-state index is 0.136. The summed E-state index contributed by atoms with van der Waals surface area (Å²) in [5.41, 5.74) is 3.47. The molecule has 1 heterocycles. The molecule has 1 aliphatic heterocycles. The van der Waals surface area contributed by atoms with Crippen molar-refractivity contribution in [2.45, 2.75) is 32.4 Å². The summed E-state index contributed by atoms with van der Waals surface area (Å²) in [4.78, 5) is 12.7. The summed E-state index contributed by atoms with van der Waals surface area (Å²) in [7, 11) is -3.54. The Labute approximate surface area is 171 Å². The van der Waals surface area contributed by atoms with Crippen LogP contribution in [-0.4, -0.2) is 31.7 Å². The number of hydrogen-bond acceptors (Lipinski definition) is 3. The van der Waals surface area contributed by atoms with Gasteiger partial charge in [0.15, 0.2) is 0 Å². The highest BCUT2D eigenvalue weighted by molar-refractivity contribution is 7.88. The fraction of sp³-hybridized carbons (Fsp3) is 0.381. The van der Waals surface area contributed by atoms with Crippen molar-refractivity contribution in [2.24, 2.45) is 5.92 Å². The molecule has 0 aromatic heterocycles. The Morgan fingerprint density at radius 1 is 1.18 bits per heavy atom. The van der Waals surface area contributed by atoms with Crippen molar-refractivity contribution in [3.05, 3.63) is 64.2 Å². The van der Waals surface area contributed by atoms with Crippen LogP contribution in [0.25, 0.3) is 0 Å². The van der Waals surface area contributed by atoms with E-state index in [1.807, 2.05) is 32.0 Å². The van der Waals surface area contributed by atoms with E-state index < -0.39 is 10.0 Å². The number of nitrogens with zero attached hydrogens (tertiary/aromatic N) is 1. The number of anilines is 1. The lowest BCUT2D eigenvalue weighted by atomic mass is 9.98. The molecule has 28 heavy (non-hydrogen) atoms. The van der Waals surface area contributed by atoms with Gasteiger partial charge in [-0.1, -0.05) is 35.9 Å². The van der Waals surface area contributed by atoms with Gasteiger partial charge in [0.1, 0.15) is 0 Å². The monoisotopic (exact) mass is 420 g/mol. The van der Waals surface area contributed by atoms with Gasteiger partial charge >= 0.3 is 0 Å². The second kappa shape index (κ2) is 8.64. The smallest absolute Gasteiger partial charge is 0.228 e. The predicted octanol–water partition coefficient (Wildman–Crippen LogP) is 4.14. The maximum Gasteiger partial charge on any atom is 0.228 e. The van der Waals surface area contributed by atoms with E-state index in [1.165, 1.54) is 4.31 Å². The minimum Gasteiger partial charge on any atom is -0.326 e. The second-order valence-corrected chi connectivity index (χ2v) is 9.79. The van der Waals surface area contributed by atoms with Crippen LogP contribution in [0.2, 0.25) is 5.02 Å². The van der Waals surface area contributed by atoms with Gasteiger partial charge in [0.05, 0.1) is 11.7 Å². The Balaban J connectivity index is 1.69. The SMILES string of the molecule is Cc1cc(C)cc(NC(=O)[C@@H]2CCCN(S(=O)(=O)Cc3ccccc3Cl)C2)c1. The van der Waals surface area contributed by atoms with Gasteiger partial charge in [0.25, 0.3) is 0 Å². The van der Waals surface area contributed by atoms with E-state index in [0.717, 1.165) is 16.8 Å². The van der Waals surface area contributed by atoms with E-state index in [-0.39, 0.29) is 24.1 Å². The molecule has 1 saturated heterocycles. The topological polar surface area (TPSA) is 66.5 Å². The summed E-state index contributed by atoms with van der Waals surface area (Å²) >= 11 is 6.12. The van der Waals surface area contributed by atoms with Crippen LogP contribution in [0, 0.1) is 19.8 Å². The molecule has 0 radical (unpaired) electrons. The van der Waals surface area contributed by atoms with Gasteiger partial charge in [-0.2, -0.15) is 0 Å². The highest BCUT2D eigenvalue weighted by Gasteiger charge is 2.32. The van der Waals surface area contributed by atoms with Gasteiger partial charge in [-0.05, 0) is 61.6 Å². The van der Waals surface area contributed by atoms with E-state index in [1.54, 1.807) is 24.3 Å². The van der Waals surface area contributed by atoms with E-state index >= 15 is 0 Å². The number of carbonyl (C=O) groups excluding carboxylic acids is 1. The molecule has 1 amide bonds. The summed E-state index contributed by atoms with van der Waals surface area (Å²) in [5, 5.41) is 3.38. The van der Waals surface area contributed by atoms with E-state index in [0.29, 0.717) is 30.0 Å². The molecule has 2 aromatic rings. The molecule has 0 bridgehead atoms. The van der Waals surface area contributed by atoms with Crippen molar-refractivity contribution in [2.75, 3.05) is 18.4 Å². The van der Waals surface area contributed by atoms with Crippen molar-refractivity contribution in [3.63, 3.8) is 0 Å². The zero-order chi connectivity index (χ0) is 20.3. The van der Waals surface area contributed by atoms with Crippen molar-refractivity contribution in [3.8, 4) is 0 Å². The number of halogens is 1. The second-order valence-electron chi connectivity index (χ2n) is 7.41. The van der Waals surface area contributed by atoms with Gasteiger partial charge in [-0.25, -0.2) is 12.7 Å². The molecule has 0 spiro atoms. The number of benzene rings is 2. The fourth-order valence-corrected chi connectivity index (χ4v) is 5.53. The van der Waals surface area contributed by atoms with Crippen molar-refractivity contribution in [1.82, 2.24) is 4.31 Å². The normalized spacial score (nSPS) is 18.0. The number of rotatable bonds is 5. The molecule has 3 rings (SSSR count). The predicted molar refractivity (Wildman–Crippen MR) is 113 cm³/mol. The van der Waals surface area contributed by atoms with Crippen LogP contribution in [0.1, 0.15) is 29.5 Å². The van der Waals surface area contributed by atoms with Crippen LogP contribution in [0.15, 0.2) is 42.5 Å². The minimum atomic E-state index is -3.54. The molecular formula is C21H25ClN2O3S. The van der Waals surface area contributed by atoms with Gasteiger partial charge in [-0.3, -0.25) is 4.79 Å². The zero-order valence-corrected chi connectivity index (χ0v) is 17.7. The summed E-state index contributed by atoms with van der Waals surface area (Å²) in [5.74, 6) is -0.656. The average molecular weight is 421 g/mol. The van der Waals surface area contributed by atoms with Crippen LogP contribution >= 0.6 is 11.6 Å². The Hall–Kier alpha value is -1.89. The number of sulfonamides is 1. The third kappa shape index (κ3) is 5.13. The third-order valence-electron chi connectivity index (χ3n) is 4.93. The largest absolute Gasteiger partial charge is 0.326 e. The molecule has 1 aliphatic rings. The number of amides is 1. The molecule has 2 aromatic carbocycles. The summed E-state index contributed by atoms with van der Waals surface area (Å²) < 4.78 is 27.1. The molecule has 150 valence electrons. The summed E-state index contributed by atoms with van der Waals surface area (Å²) in [6.07, 6.45) is 1.33. The Morgan fingerprint density at radius 3 is 2.54 bits per heavy atom. The molecule has 1 N–H and O–H groups in total. The first-order valence-corrected chi connectivity index (χ1v) is 11.3. The van der Waals surface area contributed by atoms with Gasteiger partial charge in [0, 0.05) is 23.8 Å². The van der Waals surface area contributed by atoms with Gasteiger partial charge < -0.3 is 5.32 Å². The maximum atomic E-state index is 12.9. The summed E-state index contributed by atoms with van der Waals surface area (Å²) in [6, 6.07) is 12.8. The lowest BCUT2D eigenvalue weighted by Gasteiger charge is -2.31. The van der Waals surface area contributed by atoms with E-state index in [9.17, 15) is 13.2 Å². The van der Waals surface area contributed by atoms with Crippen LogP contribution < -0.4 is 5.32 Å². The highest BCUT2D eigenvalue weighted by Crippen LogP contribution is 2.25. The van der Waals surface area contributed by atoms with Crippen molar-refractivity contribution >= 4 is 33.2 Å². The Bertz CT molecular complexity index is 955. The molecule has 0 unspecified atom stereocenters. The van der Waals surface area contributed by atoms with E-state index in [4.69, 9.17) is 11.6 Å². The molecule has 1 fully saturated rings. The number of carbonyl (C=O) groups is 1. The lowest BCUT2D eigenvalue weighted by molar-refractivity contribution is -0.120. The van der Waals surface area contributed by atoms with Gasteiger partial charge in [-0.15, -0.1) is 0 Å². The molecule has 0 saturated carbocycles. The van der Waals surface area contributed by atoms with Crippen molar-refractivity contribution in [1.29, 1.82) is 0 Å². The zero-order valence-electron chi connectivity index (χ0n) is 16.1. The van der Waals surface area contributed by atoms with Gasteiger partial charge in [0.2, 0.25) is 15.9 Å². The van der Waals surface area contributed by atoms with Crippen LogP contribution in [0.3, 0.4) is 0 Å². The molecule has 5 nitrogen and oxygen atoms in total. The molecule has 1 atom stereocenters.